The van der Waals surface area contributed by atoms with E-state index >= 15 is 0 Å². The van der Waals surface area contributed by atoms with Crippen molar-refractivity contribution in [3.8, 4) is 5.75 Å². The zero-order valence-corrected chi connectivity index (χ0v) is 13.9. The smallest absolute Gasteiger partial charge is 0.314 e. The summed E-state index contributed by atoms with van der Waals surface area (Å²) >= 11 is 0. The Balaban J connectivity index is 1.86. The number of aldehydes is 1. The monoisotopic (exact) mass is 336 g/mol. The topological polar surface area (TPSA) is 60.4 Å². The van der Waals surface area contributed by atoms with Crippen molar-refractivity contribution < 1.29 is 19.1 Å². The van der Waals surface area contributed by atoms with E-state index in [1.165, 1.54) is 0 Å². The van der Waals surface area contributed by atoms with Crippen molar-refractivity contribution in [2.45, 2.75) is 32.1 Å². The molecule has 0 amide bonds. The first-order valence-electron chi connectivity index (χ1n) is 8.60. The highest BCUT2D eigenvalue weighted by atomic mass is 16.5. The molecule has 0 aromatic heterocycles. The number of ether oxygens (including phenoxy) is 1. The minimum Gasteiger partial charge on any atom is -0.426 e. The highest BCUT2D eigenvalue weighted by molar-refractivity contribution is 6.14. The molecule has 1 saturated carbocycles. The normalized spacial score (nSPS) is 14.7. The fraction of sp³-hybridized carbons (Fsp3) is 0.286. The molecular weight excluding hydrogens is 316 g/mol. The summed E-state index contributed by atoms with van der Waals surface area (Å²) in [6.07, 6.45) is 5.55. The maximum atomic E-state index is 12.9. The van der Waals surface area contributed by atoms with Gasteiger partial charge in [-0.15, -0.1) is 0 Å². The number of carbonyl (C=O) groups is 3. The van der Waals surface area contributed by atoms with E-state index in [2.05, 4.69) is 0 Å². The summed E-state index contributed by atoms with van der Waals surface area (Å²) in [6.45, 7) is 0. The molecule has 4 nitrogen and oxygen atoms in total. The zero-order valence-electron chi connectivity index (χ0n) is 13.9. The van der Waals surface area contributed by atoms with Crippen LogP contribution in [-0.2, 0) is 4.79 Å². The predicted octanol–water partition coefficient (Wildman–Crippen LogP) is 4.22. The van der Waals surface area contributed by atoms with Crippen LogP contribution in [0.5, 0.6) is 5.75 Å². The standard InChI is InChI=1S/C21H20O4/c22-14-16-10-4-5-11-17(16)20(23)18-12-6-7-13-19(18)25-21(24)15-8-2-1-3-9-15/h4-7,10-15H,1-3,8-9H2. The van der Waals surface area contributed by atoms with E-state index in [-0.39, 0.29) is 23.4 Å². The first-order chi connectivity index (χ1) is 12.2. The molecule has 2 aromatic carbocycles. The maximum Gasteiger partial charge on any atom is 0.314 e. The van der Waals surface area contributed by atoms with Crippen LogP contribution in [0.15, 0.2) is 48.5 Å². The largest absolute Gasteiger partial charge is 0.426 e. The Morgan fingerprint density at radius 3 is 2.24 bits per heavy atom. The molecule has 0 spiro atoms. The molecular formula is C21H20O4. The van der Waals surface area contributed by atoms with Crippen LogP contribution in [0.4, 0.5) is 0 Å². The molecule has 0 saturated heterocycles. The highest BCUT2D eigenvalue weighted by Crippen LogP contribution is 2.28. The van der Waals surface area contributed by atoms with E-state index in [4.69, 9.17) is 4.74 Å². The Kier molecular flexibility index (Phi) is 5.39. The Hall–Kier alpha value is -2.75. The van der Waals surface area contributed by atoms with Gasteiger partial charge in [0.05, 0.1) is 11.5 Å². The van der Waals surface area contributed by atoms with Crippen molar-refractivity contribution in [3.05, 3.63) is 65.2 Å². The first-order valence-corrected chi connectivity index (χ1v) is 8.60. The molecule has 0 bridgehead atoms. The summed E-state index contributed by atoms with van der Waals surface area (Å²) in [7, 11) is 0. The number of carbonyl (C=O) groups excluding carboxylic acids is 3. The lowest BCUT2D eigenvalue weighted by Gasteiger charge is -2.20. The van der Waals surface area contributed by atoms with Crippen LogP contribution in [0.3, 0.4) is 0 Å². The van der Waals surface area contributed by atoms with Gasteiger partial charge in [-0.3, -0.25) is 14.4 Å². The summed E-state index contributed by atoms with van der Waals surface area (Å²) in [4.78, 5) is 36.5. The lowest BCUT2D eigenvalue weighted by atomic mass is 9.89. The molecule has 25 heavy (non-hydrogen) atoms. The predicted molar refractivity (Wildman–Crippen MR) is 93.9 cm³/mol. The zero-order chi connectivity index (χ0) is 17.6. The minimum absolute atomic E-state index is 0.0980. The molecule has 0 heterocycles. The maximum absolute atomic E-state index is 12.9. The molecule has 0 aliphatic heterocycles. The number of hydrogen-bond donors (Lipinski definition) is 0. The number of ketones is 1. The van der Waals surface area contributed by atoms with E-state index in [1.807, 2.05) is 0 Å². The van der Waals surface area contributed by atoms with Crippen molar-refractivity contribution >= 4 is 18.0 Å². The van der Waals surface area contributed by atoms with Crippen LogP contribution in [0, 0.1) is 5.92 Å². The second kappa shape index (κ2) is 7.88. The molecule has 2 aromatic rings. The SMILES string of the molecule is O=Cc1ccccc1C(=O)c1ccccc1OC(=O)C1CCCCC1. The molecule has 0 N–H and O–H groups in total. The van der Waals surface area contributed by atoms with Gasteiger partial charge in [0.2, 0.25) is 0 Å². The lowest BCUT2D eigenvalue weighted by Crippen LogP contribution is -2.23. The molecule has 3 rings (SSSR count). The molecule has 1 fully saturated rings. The number of para-hydroxylation sites is 1. The Morgan fingerprint density at radius 2 is 1.52 bits per heavy atom. The second-order valence-electron chi connectivity index (χ2n) is 6.29. The number of esters is 1. The first kappa shape index (κ1) is 17.1. The lowest BCUT2D eigenvalue weighted by molar-refractivity contribution is -0.140. The van der Waals surface area contributed by atoms with E-state index < -0.39 is 0 Å². The van der Waals surface area contributed by atoms with Gasteiger partial charge in [0.15, 0.2) is 12.1 Å². The number of hydrogen-bond acceptors (Lipinski definition) is 4. The van der Waals surface area contributed by atoms with Crippen LogP contribution < -0.4 is 4.74 Å². The summed E-state index contributed by atoms with van der Waals surface area (Å²) in [6, 6.07) is 13.3. The average Bonchev–Trinajstić information content (AvgIpc) is 2.68. The molecule has 0 radical (unpaired) electrons. The Morgan fingerprint density at radius 1 is 0.880 bits per heavy atom. The summed E-state index contributed by atoms with van der Waals surface area (Å²) in [5.74, 6) is -0.443. The van der Waals surface area contributed by atoms with Gasteiger partial charge in [-0.25, -0.2) is 0 Å². The molecule has 0 atom stereocenters. The molecule has 4 heteroatoms. The van der Waals surface area contributed by atoms with Crippen LogP contribution in [0.1, 0.15) is 58.4 Å². The van der Waals surface area contributed by atoms with Gasteiger partial charge in [0.25, 0.3) is 0 Å². The van der Waals surface area contributed by atoms with Gasteiger partial charge < -0.3 is 4.74 Å². The molecule has 1 aliphatic carbocycles. The van der Waals surface area contributed by atoms with E-state index in [0.29, 0.717) is 23.0 Å². The summed E-state index contributed by atoms with van der Waals surface area (Å²) in [5.41, 5.74) is 0.917. The van der Waals surface area contributed by atoms with Crippen LogP contribution >= 0.6 is 0 Å². The molecule has 128 valence electrons. The van der Waals surface area contributed by atoms with Crippen molar-refractivity contribution in [2.24, 2.45) is 5.92 Å². The van der Waals surface area contributed by atoms with Crippen LogP contribution in [0.25, 0.3) is 0 Å². The van der Waals surface area contributed by atoms with Crippen molar-refractivity contribution in [1.82, 2.24) is 0 Å². The fourth-order valence-electron chi connectivity index (χ4n) is 3.22. The molecule has 0 unspecified atom stereocenters. The van der Waals surface area contributed by atoms with Gasteiger partial charge in [0.1, 0.15) is 5.75 Å². The summed E-state index contributed by atoms with van der Waals surface area (Å²) in [5, 5.41) is 0. The quantitative estimate of drug-likeness (QED) is 0.355. The van der Waals surface area contributed by atoms with Crippen molar-refractivity contribution in [1.29, 1.82) is 0 Å². The van der Waals surface area contributed by atoms with E-state index in [0.717, 1.165) is 32.1 Å². The Labute approximate surface area is 146 Å². The van der Waals surface area contributed by atoms with E-state index in [1.54, 1.807) is 48.5 Å². The van der Waals surface area contributed by atoms with Crippen LogP contribution in [0.2, 0.25) is 0 Å². The molecule has 1 aliphatic rings. The van der Waals surface area contributed by atoms with Crippen molar-refractivity contribution in [2.75, 3.05) is 0 Å². The second-order valence-corrected chi connectivity index (χ2v) is 6.29. The van der Waals surface area contributed by atoms with Gasteiger partial charge in [-0.05, 0) is 25.0 Å². The Bertz CT molecular complexity index is 788. The average molecular weight is 336 g/mol. The number of benzene rings is 2. The van der Waals surface area contributed by atoms with Gasteiger partial charge in [0, 0.05) is 11.1 Å². The number of rotatable bonds is 5. The van der Waals surface area contributed by atoms with Crippen LogP contribution in [-0.4, -0.2) is 18.0 Å². The highest BCUT2D eigenvalue weighted by Gasteiger charge is 2.25. The van der Waals surface area contributed by atoms with Gasteiger partial charge in [-0.2, -0.15) is 0 Å². The summed E-state index contributed by atoms with van der Waals surface area (Å²) < 4.78 is 5.55. The third-order valence-corrected chi connectivity index (χ3v) is 4.61. The third-order valence-electron chi connectivity index (χ3n) is 4.61. The minimum atomic E-state index is -0.324. The fourth-order valence-corrected chi connectivity index (χ4v) is 3.22. The third kappa shape index (κ3) is 3.85. The van der Waals surface area contributed by atoms with Gasteiger partial charge in [-0.1, -0.05) is 55.7 Å². The van der Waals surface area contributed by atoms with E-state index in [9.17, 15) is 14.4 Å². The van der Waals surface area contributed by atoms with Gasteiger partial charge >= 0.3 is 5.97 Å². The van der Waals surface area contributed by atoms with Crippen molar-refractivity contribution in [3.63, 3.8) is 0 Å².